The van der Waals surface area contributed by atoms with Crippen LogP contribution < -0.4 is 15.0 Å². The van der Waals surface area contributed by atoms with Crippen LogP contribution in [0.4, 0.5) is 11.9 Å². The lowest BCUT2D eigenvalue weighted by Crippen LogP contribution is -2.22. The molecule has 0 bridgehead atoms. The molecule has 0 unspecified atom stereocenters. The van der Waals surface area contributed by atoms with Gasteiger partial charge >= 0.3 is 6.01 Å². The number of anilines is 2. The topological polar surface area (TPSA) is 63.2 Å². The zero-order chi connectivity index (χ0) is 13.5. The Balaban J connectivity index is 2.11. The lowest BCUT2D eigenvalue weighted by atomic mass is 10.4. The van der Waals surface area contributed by atoms with Crippen molar-refractivity contribution in [2.24, 2.45) is 0 Å². The Kier molecular flexibility index (Phi) is 5.18. The zero-order valence-corrected chi connectivity index (χ0v) is 11.9. The van der Waals surface area contributed by atoms with Gasteiger partial charge in [0.1, 0.15) is 0 Å². The SMILES string of the molecule is CCCCOc1nc(NCC)nc(N2CCCC2)n1. The first kappa shape index (κ1) is 13.8. The summed E-state index contributed by atoms with van der Waals surface area (Å²) in [7, 11) is 0. The van der Waals surface area contributed by atoms with E-state index in [2.05, 4.69) is 32.1 Å². The lowest BCUT2D eigenvalue weighted by molar-refractivity contribution is 0.285. The van der Waals surface area contributed by atoms with Crippen LogP contribution in [0.25, 0.3) is 0 Å². The molecule has 0 aliphatic carbocycles. The number of nitrogens with one attached hydrogen (secondary N) is 1. The molecule has 0 radical (unpaired) electrons. The van der Waals surface area contributed by atoms with E-state index in [9.17, 15) is 0 Å². The van der Waals surface area contributed by atoms with Gasteiger partial charge in [0.25, 0.3) is 0 Å². The number of hydrogen-bond acceptors (Lipinski definition) is 6. The summed E-state index contributed by atoms with van der Waals surface area (Å²) >= 11 is 0. The van der Waals surface area contributed by atoms with Crippen molar-refractivity contribution in [1.82, 2.24) is 15.0 Å². The van der Waals surface area contributed by atoms with Crippen LogP contribution in [0.1, 0.15) is 39.5 Å². The third-order valence-electron chi connectivity index (χ3n) is 3.06. The van der Waals surface area contributed by atoms with Crippen LogP contribution in [-0.4, -0.2) is 41.2 Å². The second-order valence-electron chi connectivity index (χ2n) is 4.67. The molecule has 106 valence electrons. The maximum atomic E-state index is 5.60. The summed E-state index contributed by atoms with van der Waals surface area (Å²) in [5, 5.41) is 3.13. The van der Waals surface area contributed by atoms with Crippen molar-refractivity contribution in [2.45, 2.75) is 39.5 Å². The Hall–Kier alpha value is -1.59. The van der Waals surface area contributed by atoms with Gasteiger partial charge in [0.15, 0.2) is 0 Å². The molecule has 6 heteroatoms. The number of rotatable bonds is 7. The number of ether oxygens (including phenoxy) is 1. The van der Waals surface area contributed by atoms with Crippen LogP contribution >= 0.6 is 0 Å². The van der Waals surface area contributed by atoms with E-state index in [4.69, 9.17) is 4.74 Å². The molecule has 2 rings (SSSR count). The molecule has 0 aromatic carbocycles. The molecular formula is C13H23N5O. The van der Waals surface area contributed by atoms with Gasteiger partial charge in [-0.1, -0.05) is 13.3 Å². The summed E-state index contributed by atoms with van der Waals surface area (Å²) in [5.74, 6) is 1.33. The highest BCUT2D eigenvalue weighted by Crippen LogP contribution is 2.19. The van der Waals surface area contributed by atoms with E-state index < -0.39 is 0 Å². The molecule has 1 aromatic rings. The molecule has 1 fully saturated rings. The molecule has 1 aliphatic heterocycles. The molecule has 1 N–H and O–H groups in total. The molecule has 2 heterocycles. The Morgan fingerprint density at radius 3 is 2.63 bits per heavy atom. The highest BCUT2D eigenvalue weighted by atomic mass is 16.5. The van der Waals surface area contributed by atoms with Crippen LogP contribution in [0, 0.1) is 0 Å². The summed E-state index contributed by atoms with van der Waals surface area (Å²) < 4.78 is 5.60. The summed E-state index contributed by atoms with van der Waals surface area (Å²) in [6.45, 7) is 7.64. The van der Waals surface area contributed by atoms with Gasteiger partial charge in [-0.05, 0) is 26.2 Å². The van der Waals surface area contributed by atoms with Crippen molar-refractivity contribution in [3.63, 3.8) is 0 Å². The Morgan fingerprint density at radius 1 is 1.16 bits per heavy atom. The summed E-state index contributed by atoms with van der Waals surface area (Å²) in [5.41, 5.74) is 0. The van der Waals surface area contributed by atoms with E-state index >= 15 is 0 Å². The minimum atomic E-state index is 0.432. The highest BCUT2D eigenvalue weighted by molar-refractivity contribution is 5.39. The largest absolute Gasteiger partial charge is 0.463 e. The number of nitrogens with zero attached hydrogens (tertiary/aromatic N) is 4. The average Bonchev–Trinajstić information content (AvgIpc) is 2.93. The van der Waals surface area contributed by atoms with Gasteiger partial charge in [0.2, 0.25) is 11.9 Å². The van der Waals surface area contributed by atoms with Gasteiger partial charge in [-0.3, -0.25) is 0 Å². The Morgan fingerprint density at radius 2 is 1.95 bits per heavy atom. The average molecular weight is 265 g/mol. The second-order valence-corrected chi connectivity index (χ2v) is 4.67. The number of unbranched alkanes of at least 4 members (excludes halogenated alkanes) is 1. The fraction of sp³-hybridized carbons (Fsp3) is 0.769. The van der Waals surface area contributed by atoms with Gasteiger partial charge in [-0.15, -0.1) is 0 Å². The van der Waals surface area contributed by atoms with Crippen molar-refractivity contribution in [1.29, 1.82) is 0 Å². The molecule has 0 amide bonds. The first-order valence-corrected chi connectivity index (χ1v) is 7.21. The van der Waals surface area contributed by atoms with Crippen LogP contribution in [0.3, 0.4) is 0 Å². The summed E-state index contributed by atoms with van der Waals surface area (Å²) in [6, 6.07) is 0.432. The normalized spacial score (nSPS) is 14.7. The van der Waals surface area contributed by atoms with Crippen molar-refractivity contribution in [3.05, 3.63) is 0 Å². The molecule has 1 aliphatic rings. The fourth-order valence-electron chi connectivity index (χ4n) is 2.01. The quantitative estimate of drug-likeness (QED) is 0.762. The van der Waals surface area contributed by atoms with Gasteiger partial charge in [0.05, 0.1) is 6.61 Å². The Labute approximate surface area is 114 Å². The highest BCUT2D eigenvalue weighted by Gasteiger charge is 2.17. The van der Waals surface area contributed by atoms with E-state index in [0.29, 0.717) is 18.6 Å². The smallest absolute Gasteiger partial charge is 0.323 e. The lowest BCUT2D eigenvalue weighted by Gasteiger charge is -2.16. The van der Waals surface area contributed by atoms with E-state index in [1.165, 1.54) is 12.8 Å². The molecule has 19 heavy (non-hydrogen) atoms. The van der Waals surface area contributed by atoms with Crippen LogP contribution in [0.5, 0.6) is 6.01 Å². The monoisotopic (exact) mass is 265 g/mol. The van der Waals surface area contributed by atoms with E-state index in [-0.39, 0.29) is 0 Å². The predicted molar refractivity (Wildman–Crippen MR) is 75.8 cm³/mol. The minimum Gasteiger partial charge on any atom is -0.463 e. The number of aromatic nitrogens is 3. The van der Waals surface area contributed by atoms with Crippen LogP contribution in [0.15, 0.2) is 0 Å². The standard InChI is InChI=1S/C13H23N5O/c1-3-5-10-19-13-16-11(14-4-2)15-12(17-13)18-8-6-7-9-18/h3-10H2,1-2H3,(H,14,15,16,17). The molecule has 0 saturated carbocycles. The zero-order valence-electron chi connectivity index (χ0n) is 11.9. The van der Waals surface area contributed by atoms with Gasteiger partial charge in [-0.2, -0.15) is 15.0 Å². The molecule has 1 aromatic heterocycles. The first-order valence-electron chi connectivity index (χ1n) is 7.21. The maximum absolute atomic E-state index is 5.60. The molecule has 0 spiro atoms. The predicted octanol–water partition coefficient (Wildman–Crippen LogP) is 2.08. The fourth-order valence-corrected chi connectivity index (χ4v) is 2.01. The molecule has 6 nitrogen and oxygen atoms in total. The van der Waals surface area contributed by atoms with Gasteiger partial charge in [-0.25, -0.2) is 0 Å². The Bertz CT molecular complexity index is 393. The van der Waals surface area contributed by atoms with Crippen molar-refractivity contribution in [2.75, 3.05) is 36.5 Å². The summed E-state index contributed by atoms with van der Waals surface area (Å²) in [4.78, 5) is 15.3. The molecule has 0 atom stereocenters. The van der Waals surface area contributed by atoms with Crippen LogP contribution in [-0.2, 0) is 0 Å². The van der Waals surface area contributed by atoms with Crippen molar-refractivity contribution in [3.8, 4) is 6.01 Å². The third-order valence-corrected chi connectivity index (χ3v) is 3.06. The van der Waals surface area contributed by atoms with Crippen LogP contribution in [0.2, 0.25) is 0 Å². The molecular weight excluding hydrogens is 242 g/mol. The minimum absolute atomic E-state index is 0.432. The third kappa shape index (κ3) is 3.94. The van der Waals surface area contributed by atoms with E-state index in [1.54, 1.807) is 0 Å². The van der Waals surface area contributed by atoms with Crippen molar-refractivity contribution < 1.29 is 4.74 Å². The molecule has 1 saturated heterocycles. The maximum Gasteiger partial charge on any atom is 0.323 e. The van der Waals surface area contributed by atoms with Gasteiger partial charge in [0, 0.05) is 19.6 Å². The van der Waals surface area contributed by atoms with Crippen molar-refractivity contribution >= 4 is 11.9 Å². The van der Waals surface area contributed by atoms with E-state index in [0.717, 1.165) is 38.4 Å². The summed E-state index contributed by atoms with van der Waals surface area (Å²) in [6.07, 6.45) is 4.52. The van der Waals surface area contributed by atoms with Gasteiger partial charge < -0.3 is 15.0 Å². The van der Waals surface area contributed by atoms with E-state index in [1.807, 2.05) is 6.92 Å². The number of hydrogen-bond donors (Lipinski definition) is 1. The first-order chi connectivity index (χ1) is 9.33. The second kappa shape index (κ2) is 7.11.